The number of aliphatic carboxylic acids is 1. The van der Waals surface area contributed by atoms with Crippen LogP contribution < -0.4 is 0 Å². The van der Waals surface area contributed by atoms with Crippen LogP contribution in [0.3, 0.4) is 0 Å². The molecule has 0 radical (unpaired) electrons. The third-order valence-corrected chi connectivity index (χ3v) is 8.56. The number of likely N-dealkylation sites (tertiary alicyclic amines) is 2. The van der Waals surface area contributed by atoms with Gasteiger partial charge in [-0.05, 0) is 63.0 Å². The van der Waals surface area contributed by atoms with Crippen molar-refractivity contribution in [2.75, 3.05) is 32.7 Å². The van der Waals surface area contributed by atoms with Crippen LogP contribution >= 0.6 is 0 Å². The molecule has 5 rings (SSSR count). The van der Waals surface area contributed by atoms with Crippen molar-refractivity contribution in [1.82, 2.24) is 9.80 Å². The Morgan fingerprint density at radius 3 is 2.29 bits per heavy atom. The summed E-state index contributed by atoms with van der Waals surface area (Å²) < 4.78 is 6.32. The van der Waals surface area contributed by atoms with E-state index in [1.807, 2.05) is 48.7 Å². The Balaban J connectivity index is 0.000000494. The average molecular weight is 522 g/mol. The van der Waals surface area contributed by atoms with E-state index in [2.05, 4.69) is 33.9 Å². The maximum atomic E-state index is 12.1. The lowest BCUT2D eigenvalue weighted by Crippen LogP contribution is -2.46. The molecule has 3 aliphatic heterocycles. The number of piperidine rings is 1. The largest absolute Gasteiger partial charge is 0.480 e. The maximum Gasteiger partial charge on any atom is 0.321 e. The van der Waals surface area contributed by atoms with Gasteiger partial charge in [-0.25, -0.2) is 4.99 Å². The highest BCUT2D eigenvalue weighted by Gasteiger charge is 2.38. The smallest absolute Gasteiger partial charge is 0.321 e. The molecule has 6 heteroatoms. The Kier molecular flexibility index (Phi) is 11.4. The van der Waals surface area contributed by atoms with Gasteiger partial charge in [-0.15, -0.1) is 0 Å². The van der Waals surface area contributed by atoms with Crippen molar-refractivity contribution in [2.24, 2.45) is 22.7 Å². The molecule has 1 aromatic carbocycles. The van der Waals surface area contributed by atoms with Gasteiger partial charge in [-0.3, -0.25) is 9.69 Å². The van der Waals surface area contributed by atoms with E-state index in [1.54, 1.807) is 0 Å². The number of carbonyl (C=O) groups is 1. The quantitative estimate of drug-likeness (QED) is 0.475. The second-order valence-electron chi connectivity index (χ2n) is 11.3. The second-order valence-corrected chi connectivity index (χ2v) is 11.3. The normalized spacial score (nSPS) is 26.2. The highest BCUT2D eigenvalue weighted by molar-refractivity contribution is 5.81. The van der Waals surface area contributed by atoms with Gasteiger partial charge in [0.25, 0.3) is 0 Å². The van der Waals surface area contributed by atoms with Gasteiger partial charge in [-0.1, -0.05) is 74.7 Å². The predicted molar refractivity (Wildman–Crippen MR) is 154 cm³/mol. The molecule has 38 heavy (non-hydrogen) atoms. The van der Waals surface area contributed by atoms with E-state index in [4.69, 9.17) is 4.74 Å². The summed E-state index contributed by atoms with van der Waals surface area (Å²) in [5, 5.41) is 9.93. The van der Waals surface area contributed by atoms with Gasteiger partial charge in [0.15, 0.2) is 5.90 Å². The van der Waals surface area contributed by atoms with Crippen LogP contribution in [0.2, 0.25) is 0 Å². The molecule has 2 unspecified atom stereocenters. The van der Waals surface area contributed by atoms with Gasteiger partial charge in [0, 0.05) is 32.4 Å². The molecule has 208 valence electrons. The second kappa shape index (κ2) is 15.2. The van der Waals surface area contributed by atoms with Crippen LogP contribution in [-0.2, 0) is 9.53 Å². The van der Waals surface area contributed by atoms with E-state index in [-0.39, 0.29) is 18.1 Å². The predicted octanol–water partition coefficient (Wildman–Crippen LogP) is 6.02. The Morgan fingerprint density at radius 2 is 1.66 bits per heavy atom. The molecular weight excluding hydrogens is 474 g/mol. The molecule has 1 aliphatic carbocycles. The lowest BCUT2D eigenvalue weighted by Gasteiger charge is -2.35. The third-order valence-electron chi connectivity index (χ3n) is 8.56. The van der Waals surface area contributed by atoms with Crippen molar-refractivity contribution in [1.29, 1.82) is 0 Å². The molecule has 3 atom stereocenters. The lowest BCUT2D eigenvalue weighted by atomic mass is 9.83. The average Bonchev–Trinajstić information content (AvgIpc) is 3.28. The number of nitrogens with zero attached hydrogens (tertiary/aromatic N) is 3. The number of aliphatic imine (C=N–C) groups is 1. The summed E-state index contributed by atoms with van der Waals surface area (Å²) in [7, 11) is 0. The fraction of sp³-hybridized carbons (Fsp3) is 0.625. The summed E-state index contributed by atoms with van der Waals surface area (Å²) in [5.74, 6) is 1.47. The molecule has 0 amide bonds. The van der Waals surface area contributed by atoms with Crippen LogP contribution in [0.5, 0.6) is 0 Å². The van der Waals surface area contributed by atoms with Gasteiger partial charge < -0.3 is 14.7 Å². The monoisotopic (exact) mass is 521 g/mol. The first-order valence-corrected chi connectivity index (χ1v) is 14.9. The van der Waals surface area contributed by atoms with Crippen LogP contribution in [0.4, 0.5) is 0 Å². The van der Waals surface area contributed by atoms with Crippen molar-refractivity contribution in [3.63, 3.8) is 0 Å². The van der Waals surface area contributed by atoms with E-state index in [1.165, 1.54) is 19.3 Å². The number of hydrogen-bond donors (Lipinski definition) is 1. The summed E-state index contributed by atoms with van der Waals surface area (Å²) in [6.07, 6.45) is 18.3. The molecule has 0 spiro atoms. The summed E-state index contributed by atoms with van der Waals surface area (Å²) >= 11 is 0. The molecule has 1 saturated carbocycles. The molecular formula is C32H47N3O3. The first-order valence-electron chi connectivity index (χ1n) is 14.9. The van der Waals surface area contributed by atoms with Crippen LogP contribution in [0, 0.1) is 17.8 Å². The highest BCUT2D eigenvalue weighted by Crippen LogP contribution is 2.32. The van der Waals surface area contributed by atoms with Crippen LogP contribution in [0.25, 0.3) is 0 Å². The van der Waals surface area contributed by atoms with Crippen LogP contribution in [0.15, 0.2) is 65.8 Å². The molecule has 2 saturated heterocycles. The summed E-state index contributed by atoms with van der Waals surface area (Å²) in [6, 6.07) is 11.7. The third kappa shape index (κ3) is 8.54. The van der Waals surface area contributed by atoms with Crippen molar-refractivity contribution in [2.45, 2.75) is 76.9 Å². The minimum Gasteiger partial charge on any atom is -0.480 e. The Bertz CT molecular complexity index is 890. The molecule has 3 heterocycles. The van der Waals surface area contributed by atoms with Crippen LogP contribution in [-0.4, -0.2) is 71.6 Å². The minimum atomic E-state index is -0.605. The van der Waals surface area contributed by atoms with E-state index in [9.17, 15) is 9.90 Å². The van der Waals surface area contributed by atoms with Crippen molar-refractivity contribution >= 4 is 11.9 Å². The standard InChI is InChI=1S/C26H41N3O3.C6H6/c1-2-21-8-6-7-14-27-25(21)32-23-12-15-28(16-13-23)18-20-11-17-29(19-20)24(26(30)31)22-9-4-3-5-10-22;1-2-4-6-5-3-1/h6-8,14,20-24H,2-5,9-13,15-19H2,1H3,(H,30,31);1-6H/t20?,21?,24-;/m1./s1. The molecule has 4 aliphatic rings. The topological polar surface area (TPSA) is 65.4 Å². The van der Waals surface area contributed by atoms with E-state index in [0.717, 1.165) is 77.1 Å². The number of hydrogen-bond acceptors (Lipinski definition) is 5. The number of allylic oxidation sites excluding steroid dienone is 2. The summed E-state index contributed by atoms with van der Waals surface area (Å²) in [4.78, 5) is 21.5. The zero-order valence-corrected chi connectivity index (χ0v) is 23.2. The fourth-order valence-corrected chi connectivity index (χ4v) is 6.47. The SMILES string of the molecule is CCC1C=CC=CN=C1OC1CCN(CC2CCN([C@@H](C(=O)O)C3CCCCC3)C2)CC1.c1ccccc1. The van der Waals surface area contributed by atoms with Crippen LogP contribution in [0.1, 0.15) is 64.7 Å². The first-order chi connectivity index (χ1) is 18.6. The molecule has 0 bridgehead atoms. The Hall–Kier alpha value is -2.44. The van der Waals surface area contributed by atoms with E-state index >= 15 is 0 Å². The van der Waals surface area contributed by atoms with E-state index in [0.29, 0.717) is 11.8 Å². The number of carboxylic acids is 1. The number of ether oxygens (including phenoxy) is 1. The Labute approximate surface area is 229 Å². The van der Waals surface area contributed by atoms with Gasteiger partial charge in [0.05, 0.1) is 5.92 Å². The fourth-order valence-electron chi connectivity index (χ4n) is 6.47. The van der Waals surface area contributed by atoms with E-state index < -0.39 is 5.97 Å². The van der Waals surface area contributed by atoms with Gasteiger partial charge >= 0.3 is 5.97 Å². The van der Waals surface area contributed by atoms with Gasteiger partial charge in [-0.2, -0.15) is 0 Å². The van der Waals surface area contributed by atoms with Crippen molar-refractivity contribution in [3.8, 4) is 0 Å². The minimum absolute atomic E-state index is 0.252. The van der Waals surface area contributed by atoms with Crippen molar-refractivity contribution in [3.05, 3.63) is 60.8 Å². The lowest BCUT2D eigenvalue weighted by molar-refractivity contribution is -0.145. The maximum absolute atomic E-state index is 12.1. The number of carboxylic acid groups (broad SMARTS) is 1. The molecule has 1 N–H and O–H groups in total. The van der Waals surface area contributed by atoms with Gasteiger partial charge in [0.1, 0.15) is 12.1 Å². The first kappa shape index (κ1) is 28.6. The Morgan fingerprint density at radius 1 is 0.974 bits per heavy atom. The molecule has 0 aromatic heterocycles. The number of benzene rings is 1. The van der Waals surface area contributed by atoms with Gasteiger partial charge in [0.2, 0.25) is 0 Å². The highest BCUT2D eigenvalue weighted by atomic mass is 16.5. The molecule has 1 aromatic rings. The summed E-state index contributed by atoms with van der Waals surface area (Å²) in [5.41, 5.74) is 0. The zero-order valence-electron chi connectivity index (χ0n) is 23.2. The van der Waals surface area contributed by atoms with Crippen molar-refractivity contribution < 1.29 is 14.6 Å². The zero-order chi connectivity index (χ0) is 26.6. The number of rotatable bonds is 7. The summed E-state index contributed by atoms with van der Waals surface area (Å²) in [6.45, 7) is 7.26. The molecule has 3 fully saturated rings. The molecule has 6 nitrogen and oxygen atoms in total.